The molecule has 1 saturated heterocycles. The summed E-state index contributed by atoms with van der Waals surface area (Å²) in [4.78, 5) is 27.5. The van der Waals surface area contributed by atoms with E-state index in [1.807, 2.05) is 4.90 Å². The van der Waals surface area contributed by atoms with E-state index in [1.54, 1.807) is 30.3 Å². The van der Waals surface area contributed by atoms with Crippen LogP contribution in [0, 0.1) is 11.8 Å². The van der Waals surface area contributed by atoms with Crippen molar-refractivity contribution >= 4 is 52.3 Å². The fraction of sp³-hybridized carbons (Fsp3) is 0.391. The number of likely N-dealkylation sites (tertiary alicyclic amines) is 1. The lowest BCUT2D eigenvalue weighted by Crippen LogP contribution is -2.44. The highest BCUT2D eigenvalue weighted by atomic mass is 35.5. The SMILES string of the molecule is O=C(Nc1ccc(C(=O)N2CCC3CCCC[C@H]3C2)c(Cl)c1)c1ccc(Cl)cc1Cl. The van der Waals surface area contributed by atoms with Gasteiger partial charge in [0.1, 0.15) is 0 Å². The van der Waals surface area contributed by atoms with Crippen LogP contribution >= 0.6 is 34.8 Å². The van der Waals surface area contributed by atoms with Crippen molar-refractivity contribution in [2.24, 2.45) is 11.8 Å². The Kier molecular flexibility index (Phi) is 6.57. The molecule has 1 heterocycles. The summed E-state index contributed by atoms with van der Waals surface area (Å²) in [5, 5.41) is 3.82. The molecule has 0 bridgehead atoms. The molecule has 4 nitrogen and oxygen atoms in total. The minimum atomic E-state index is -0.369. The summed E-state index contributed by atoms with van der Waals surface area (Å²) in [5.41, 5.74) is 1.28. The Morgan fingerprint density at radius 2 is 1.57 bits per heavy atom. The fourth-order valence-electron chi connectivity index (χ4n) is 4.59. The molecular formula is C23H23Cl3N2O2. The van der Waals surface area contributed by atoms with Crippen molar-refractivity contribution < 1.29 is 9.59 Å². The van der Waals surface area contributed by atoms with Gasteiger partial charge < -0.3 is 10.2 Å². The molecule has 1 aliphatic carbocycles. The first-order valence-corrected chi connectivity index (χ1v) is 11.4. The minimum Gasteiger partial charge on any atom is -0.338 e. The summed E-state index contributed by atoms with van der Waals surface area (Å²) in [5.74, 6) is 0.960. The number of anilines is 1. The number of nitrogens with one attached hydrogen (secondary N) is 1. The molecular weight excluding hydrogens is 443 g/mol. The van der Waals surface area contributed by atoms with Crippen molar-refractivity contribution in [1.82, 2.24) is 4.90 Å². The van der Waals surface area contributed by atoms with Gasteiger partial charge in [-0.25, -0.2) is 0 Å². The number of piperidine rings is 1. The zero-order valence-electron chi connectivity index (χ0n) is 16.5. The summed E-state index contributed by atoms with van der Waals surface area (Å²) >= 11 is 18.4. The number of carbonyl (C=O) groups excluding carboxylic acids is 2. The lowest BCUT2D eigenvalue weighted by atomic mass is 9.75. The smallest absolute Gasteiger partial charge is 0.257 e. The van der Waals surface area contributed by atoms with Crippen LogP contribution in [0.5, 0.6) is 0 Å². The number of hydrogen-bond acceptors (Lipinski definition) is 2. The highest BCUT2D eigenvalue weighted by Gasteiger charge is 2.33. The van der Waals surface area contributed by atoms with Crippen LogP contribution in [0.2, 0.25) is 15.1 Å². The predicted molar refractivity (Wildman–Crippen MR) is 122 cm³/mol. The van der Waals surface area contributed by atoms with Gasteiger partial charge in [0, 0.05) is 23.8 Å². The molecule has 1 N–H and O–H groups in total. The molecule has 2 atom stereocenters. The van der Waals surface area contributed by atoms with Crippen LogP contribution < -0.4 is 5.32 Å². The van der Waals surface area contributed by atoms with Crippen LogP contribution in [-0.4, -0.2) is 29.8 Å². The first-order chi connectivity index (χ1) is 14.4. The maximum absolute atomic E-state index is 13.1. The lowest BCUT2D eigenvalue weighted by molar-refractivity contribution is 0.0521. The van der Waals surface area contributed by atoms with E-state index in [0.29, 0.717) is 32.8 Å². The molecule has 4 rings (SSSR count). The van der Waals surface area contributed by atoms with Gasteiger partial charge in [0.25, 0.3) is 11.8 Å². The van der Waals surface area contributed by atoms with Crippen LogP contribution in [0.3, 0.4) is 0 Å². The summed E-state index contributed by atoms with van der Waals surface area (Å²) in [6, 6.07) is 9.65. The second-order valence-electron chi connectivity index (χ2n) is 8.12. The minimum absolute atomic E-state index is 0.0392. The Morgan fingerprint density at radius 3 is 2.30 bits per heavy atom. The standard InChI is InChI=1S/C23H23Cl3N2O2/c24-16-5-7-18(20(25)11-16)22(29)27-17-6-8-19(21(26)12-17)23(30)28-10-9-14-3-1-2-4-15(14)13-28/h5-8,11-12,14-15H,1-4,9-10,13H2,(H,27,29)/t14?,15-/m0/s1. The van der Waals surface area contributed by atoms with Gasteiger partial charge in [-0.2, -0.15) is 0 Å². The Hall–Kier alpha value is -1.75. The number of fused-ring (bicyclic) bond motifs is 1. The maximum atomic E-state index is 13.1. The number of halogens is 3. The van der Waals surface area contributed by atoms with Gasteiger partial charge in [0.15, 0.2) is 0 Å². The summed E-state index contributed by atoms with van der Waals surface area (Å²) in [6.45, 7) is 1.59. The predicted octanol–water partition coefficient (Wildman–Crippen LogP) is 6.55. The molecule has 2 aromatic carbocycles. The van der Waals surface area contributed by atoms with Crippen LogP contribution in [0.25, 0.3) is 0 Å². The topological polar surface area (TPSA) is 49.4 Å². The van der Waals surface area contributed by atoms with E-state index >= 15 is 0 Å². The van der Waals surface area contributed by atoms with Gasteiger partial charge >= 0.3 is 0 Å². The molecule has 1 unspecified atom stereocenters. The molecule has 2 amide bonds. The van der Waals surface area contributed by atoms with Gasteiger partial charge in [-0.05, 0) is 61.1 Å². The van der Waals surface area contributed by atoms with E-state index in [1.165, 1.54) is 31.7 Å². The van der Waals surface area contributed by atoms with Crippen LogP contribution in [-0.2, 0) is 0 Å². The van der Waals surface area contributed by atoms with E-state index in [9.17, 15) is 9.59 Å². The molecule has 2 aliphatic rings. The Morgan fingerprint density at radius 1 is 0.867 bits per heavy atom. The summed E-state index contributed by atoms with van der Waals surface area (Å²) in [7, 11) is 0. The zero-order valence-corrected chi connectivity index (χ0v) is 18.7. The second-order valence-corrected chi connectivity index (χ2v) is 9.37. The quantitative estimate of drug-likeness (QED) is 0.558. The first kappa shape index (κ1) is 21.5. The van der Waals surface area contributed by atoms with Crippen molar-refractivity contribution in [3.63, 3.8) is 0 Å². The number of nitrogens with zero attached hydrogens (tertiary/aromatic N) is 1. The third kappa shape index (κ3) is 4.61. The van der Waals surface area contributed by atoms with Gasteiger partial charge in [0.05, 0.1) is 21.2 Å². The van der Waals surface area contributed by atoms with Gasteiger partial charge in [-0.1, -0.05) is 54.1 Å². The third-order valence-corrected chi connectivity index (χ3v) is 7.07. The summed E-state index contributed by atoms with van der Waals surface area (Å²) in [6.07, 6.45) is 6.15. The Balaban J connectivity index is 1.45. The van der Waals surface area contributed by atoms with E-state index in [0.717, 1.165) is 25.4 Å². The van der Waals surface area contributed by atoms with Crippen LogP contribution in [0.1, 0.15) is 52.8 Å². The molecule has 1 aliphatic heterocycles. The number of hydrogen-bond donors (Lipinski definition) is 1. The molecule has 2 aromatic rings. The first-order valence-electron chi connectivity index (χ1n) is 10.3. The molecule has 7 heteroatoms. The van der Waals surface area contributed by atoms with Crippen molar-refractivity contribution in [2.75, 3.05) is 18.4 Å². The highest BCUT2D eigenvalue weighted by Crippen LogP contribution is 2.37. The fourth-order valence-corrected chi connectivity index (χ4v) is 5.35. The Bertz CT molecular complexity index is 979. The van der Waals surface area contributed by atoms with Gasteiger partial charge in [-0.15, -0.1) is 0 Å². The second kappa shape index (κ2) is 9.17. The van der Waals surface area contributed by atoms with E-state index in [-0.39, 0.29) is 16.8 Å². The number of carbonyl (C=O) groups is 2. The molecule has 0 radical (unpaired) electrons. The molecule has 1 saturated carbocycles. The van der Waals surface area contributed by atoms with Gasteiger partial charge in [0.2, 0.25) is 0 Å². The largest absolute Gasteiger partial charge is 0.338 e. The molecule has 30 heavy (non-hydrogen) atoms. The molecule has 2 fully saturated rings. The lowest BCUT2D eigenvalue weighted by Gasteiger charge is -2.41. The van der Waals surface area contributed by atoms with Crippen molar-refractivity contribution in [2.45, 2.75) is 32.1 Å². The molecule has 0 spiro atoms. The molecule has 0 aromatic heterocycles. The Labute approximate surface area is 191 Å². The van der Waals surface area contributed by atoms with Crippen LogP contribution in [0.4, 0.5) is 5.69 Å². The molecule has 158 valence electrons. The highest BCUT2D eigenvalue weighted by molar-refractivity contribution is 6.37. The number of amides is 2. The van der Waals surface area contributed by atoms with Crippen molar-refractivity contribution in [1.29, 1.82) is 0 Å². The average molecular weight is 466 g/mol. The van der Waals surface area contributed by atoms with Crippen molar-refractivity contribution in [3.8, 4) is 0 Å². The third-order valence-electron chi connectivity index (χ3n) is 6.21. The van der Waals surface area contributed by atoms with E-state index in [4.69, 9.17) is 34.8 Å². The monoisotopic (exact) mass is 464 g/mol. The number of benzene rings is 2. The number of rotatable bonds is 3. The zero-order chi connectivity index (χ0) is 21.3. The van der Waals surface area contributed by atoms with E-state index < -0.39 is 0 Å². The van der Waals surface area contributed by atoms with Crippen molar-refractivity contribution in [3.05, 3.63) is 62.6 Å². The van der Waals surface area contributed by atoms with Crippen LogP contribution in [0.15, 0.2) is 36.4 Å². The normalized spacial score (nSPS) is 21.1. The van der Waals surface area contributed by atoms with E-state index in [2.05, 4.69) is 5.32 Å². The van der Waals surface area contributed by atoms with Gasteiger partial charge in [-0.3, -0.25) is 9.59 Å². The average Bonchev–Trinajstić information content (AvgIpc) is 2.73. The summed E-state index contributed by atoms with van der Waals surface area (Å²) < 4.78 is 0. The maximum Gasteiger partial charge on any atom is 0.257 e.